The van der Waals surface area contributed by atoms with E-state index in [1.165, 1.54) is 32.1 Å². The van der Waals surface area contributed by atoms with Crippen LogP contribution in [0.2, 0.25) is 0 Å². The van der Waals surface area contributed by atoms with Crippen molar-refractivity contribution in [1.82, 2.24) is 15.3 Å². The molecule has 1 heterocycles. The lowest BCUT2D eigenvalue weighted by molar-refractivity contribution is 0.0921. The molecule has 1 N–H and O–H groups in total. The van der Waals surface area contributed by atoms with E-state index in [9.17, 15) is 4.79 Å². The van der Waals surface area contributed by atoms with Gasteiger partial charge in [-0.05, 0) is 37.3 Å². The Hall–Kier alpha value is -1.97. The van der Waals surface area contributed by atoms with Crippen LogP contribution < -0.4 is 5.32 Å². The molecule has 1 fully saturated rings. The van der Waals surface area contributed by atoms with E-state index < -0.39 is 0 Å². The summed E-state index contributed by atoms with van der Waals surface area (Å²) in [5.74, 6) is 0.531. The van der Waals surface area contributed by atoms with Crippen molar-refractivity contribution in [2.24, 2.45) is 5.92 Å². The van der Waals surface area contributed by atoms with Gasteiger partial charge in [-0.25, -0.2) is 4.98 Å². The third-order valence-electron chi connectivity index (χ3n) is 4.59. The molecule has 4 nitrogen and oxygen atoms in total. The van der Waals surface area contributed by atoms with E-state index in [4.69, 9.17) is 0 Å². The third kappa shape index (κ3) is 3.26. The fourth-order valence-corrected chi connectivity index (χ4v) is 3.35. The van der Waals surface area contributed by atoms with Crippen molar-refractivity contribution in [3.63, 3.8) is 0 Å². The minimum absolute atomic E-state index is 0.0911. The molecule has 1 aromatic heterocycles. The van der Waals surface area contributed by atoms with Gasteiger partial charge in [0.05, 0.1) is 17.2 Å². The number of hydrogen-bond donors (Lipinski definition) is 1. The molecule has 3 rings (SSSR count). The lowest BCUT2D eigenvalue weighted by Gasteiger charge is -2.20. The minimum Gasteiger partial charge on any atom is -0.348 e. The van der Waals surface area contributed by atoms with Gasteiger partial charge in [0.25, 0.3) is 5.91 Å². The Morgan fingerprint density at radius 2 is 2.09 bits per heavy atom. The highest BCUT2D eigenvalue weighted by atomic mass is 16.1. The molecule has 0 aliphatic heterocycles. The Balaban J connectivity index is 1.69. The first-order valence-electron chi connectivity index (χ1n) is 8.30. The molecule has 2 unspecified atom stereocenters. The zero-order valence-corrected chi connectivity index (χ0v) is 13.1. The van der Waals surface area contributed by atoms with Crippen LogP contribution in [0.5, 0.6) is 0 Å². The van der Waals surface area contributed by atoms with Crippen molar-refractivity contribution in [2.45, 2.75) is 51.5 Å². The summed E-state index contributed by atoms with van der Waals surface area (Å²) in [4.78, 5) is 21.2. The molecule has 1 aromatic carbocycles. The topological polar surface area (TPSA) is 54.9 Å². The van der Waals surface area contributed by atoms with Gasteiger partial charge in [0.15, 0.2) is 0 Å². The maximum atomic E-state index is 12.5. The van der Waals surface area contributed by atoms with Crippen molar-refractivity contribution >= 4 is 16.9 Å². The molecular weight excluding hydrogens is 274 g/mol. The number of para-hydroxylation sites is 2. The van der Waals surface area contributed by atoms with Gasteiger partial charge in [-0.1, -0.05) is 38.3 Å². The number of amides is 1. The zero-order chi connectivity index (χ0) is 15.4. The highest BCUT2D eigenvalue weighted by Crippen LogP contribution is 2.30. The maximum absolute atomic E-state index is 12.5. The Morgan fingerprint density at radius 1 is 1.27 bits per heavy atom. The molecule has 4 heteroatoms. The number of hydrogen-bond acceptors (Lipinski definition) is 3. The van der Waals surface area contributed by atoms with Crippen LogP contribution in [0.15, 0.2) is 30.5 Å². The number of fused-ring (bicyclic) bond motifs is 1. The van der Waals surface area contributed by atoms with Crippen molar-refractivity contribution < 1.29 is 4.79 Å². The fourth-order valence-electron chi connectivity index (χ4n) is 3.35. The van der Waals surface area contributed by atoms with Crippen LogP contribution in [0.3, 0.4) is 0 Å². The number of rotatable bonds is 5. The van der Waals surface area contributed by atoms with Gasteiger partial charge < -0.3 is 5.32 Å². The fraction of sp³-hybridized carbons (Fsp3) is 0.500. The molecule has 1 amide bonds. The third-order valence-corrected chi connectivity index (χ3v) is 4.59. The highest BCUT2D eigenvalue weighted by Gasteiger charge is 2.28. The Bertz CT molecular complexity index is 656. The van der Waals surface area contributed by atoms with Gasteiger partial charge in [0, 0.05) is 6.04 Å². The van der Waals surface area contributed by atoms with Crippen LogP contribution in [-0.4, -0.2) is 21.9 Å². The van der Waals surface area contributed by atoms with Gasteiger partial charge in [-0.15, -0.1) is 0 Å². The second-order valence-electron chi connectivity index (χ2n) is 6.16. The molecule has 1 aliphatic carbocycles. The molecule has 0 spiro atoms. The summed E-state index contributed by atoms with van der Waals surface area (Å²) in [6.45, 7) is 2.22. The number of aromatic nitrogens is 2. The molecule has 1 saturated carbocycles. The predicted octanol–water partition coefficient (Wildman–Crippen LogP) is 3.72. The van der Waals surface area contributed by atoms with Crippen LogP contribution in [0.25, 0.3) is 11.0 Å². The molecular formula is C18H23N3O. The average Bonchev–Trinajstić information content (AvgIpc) is 2.99. The standard InChI is InChI=1S/C18H23N3O/c1-2-3-7-13-8-6-11-14(13)21-18(22)17-12-19-15-9-4-5-10-16(15)20-17/h4-5,9-10,12-14H,2-3,6-8,11H2,1H3,(H,21,22). The molecule has 2 aromatic rings. The highest BCUT2D eigenvalue weighted by molar-refractivity contribution is 5.93. The number of nitrogens with one attached hydrogen (secondary N) is 1. The summed E-state index contributed by atoms with van der Waals surface area (Å²) in [7, 11) is 0. The first-order chi connectivity index (χ1) is 10.8. The molecule has 116 valence electrons. The van der Waals surface area contributed by atoms with Crippen LogP contribution in [0, 0.1) is 5.92 Å². The largest absolute Gasteiger partial charge is 0.348 e. The van der Waals surface area contributed by atoms with Crippen molar-refractivity contribution in [2.75, 3.05) is 0 Å². The average molecular weight is 297 g/mol. The lowest BCUT2D eigenvalue weighted by atomic mass is 9.97. The normalized spacial score (nSPS) is 21.1. The number of unbranched alkanes of at least 4 members (excludes halogenated alkanes) is 1. The van der Waals surface area contributed by atoms with Crippen LogP contribution in [0.1, 0.15) is 55.9 Å². The van der Waals surface area contributed by atoms with Crippen LogP contribution in [0.4, 0.5) is 0 Å². The smallest absolute Gasteiger partial charge is 0.271 e. The second kappa shape index (κ2) is 6.86. The molecule has 1 aliphatic rings. The number of benzene rings is 1. The molecule has 22 heavy (non-hydrogen) atoms. The van der Waals surface area contributed by atoms with E-state index in [0.717, 1.165) is 17.5 Å². The van der Waals surface area contributed by atoms with Gasteiger partial charge >= 0.3 is 0 Å². The molecule has 0 bridgehead atoms. The lowest BCUT2D eigenvalue weighted by Crippen LogP contribution is -2.37. The Morgan fingerprint density at radius 3 is 2.91 bits per heavy atom. The van der Waals surface area contributed by atoms with E-state index in [1.807, 2.05) is 24.3 Å². The summed E-state index contributed by atoms with van der Waals surface area (Å²) < 4.78 is 0. The second-order valence-corrected chi connectivity index (χ2v) is 6.16. The van der Waals surface area contributed by atoms with Crippen LogP contribution in [-0.2, 0) is 0 Å². The summed E-state index contributed by atoms with van der Waals surface area (Å²) in [5, 5.41) is 3.18. The van der Waals surface area contributed by atoms with E-state index in [1.54, 1.807) is 6.20 Å². The SMILES string of the molecule is CCCCC1CCCC1NC(=O)c1cnc2ccccc2n1. The predicted molar refractivity (Wildman–Crippen MR) is 87.7 cm³/mol. The summed E-state index contributed by atoms with van der Waals surface area (Å²) >= 11 is 0. The van der Waals surface area contributed by atoms with Crippen molar-refractivity contribution in [1.29, 1.82) is 0 Å². The van der Waals surface area contributed by atoms with Gasteiger partial charge in [-0.2, -0.15) is 0 Å². The monoisotopic (exact) mass is 297 g/mol. The summed E-state index contributed by atoms with van der Waals surface area (Å²) in [6.07, 6.45) is 8.77. The Kier molecular flexibility index (Phi) is 4.66. The van der Waals surface area contributed by atoms with Crippen molar-refractivity contribution in [3.8, 4) is 0 Å². The summed E-state index contributed by atoms with van der Waals surface area (Å²) in [6, 6.07) is 7.93. The Labute approximate surface area is 131 Å². The van der Waals surface area contributed by atoms with E-state index >= 15 is 0 Å². The minimum atomic E-state index is -0.0911. The quantitative estimate of drug-likeness (QED) is 0.915. The molecule has 2 atom stereocenters. The number of nitrogens with zero attached hydrogens (tertiary/aromatic N) is 2. The van der Waals surface area contributed by atoms with Gasteiger partial charge in [0.1, 0.15) is 5.69 Å². The molecule has 0 radical (unpaired) electrons. The van der Waals surface area contributed by atoms with Crippen molar-refractivity contribution in [3.05, 3.63) is 36.2 Å². The van der Waals surface area contributed by atoms with E-state index in [2.05, 4.69) is 22.2 Å². The summed E-state index contributed by atoms with van der Waals surface area (Å²) in [5.41, 5.74) is 2.00. The number of carbonyl (C=O) groups excluding carboxylic acids is 1. The van der Waals surface area contributed by atoms with E-state index in [0.29, 0.717) is 17.7 Å². The zero-order valence-electron chi connectivity index (χ0n) is 13.1. The number of carbonyl (C=O) groups is 1. The maximum Gasteiger partial charge on any atom is 0.271 e. The van der Waals surface area contributed by atoms with Gasteiger partial charge in [-0.3, -0.25) is 9.78 Å². The van der Waals surface area contributed by atoms with Crippen LogP contribution >= 0.6 is 0 Å². The first-order valence-corrected chi connectivity index (χ1v) is 8.30. The van der Waals surface area contributed by atoms with E-state index in [-0.39, 0.29) is 5.91 Å². The van der Waals surface area contributed by atoms with Gasteiger partial charge in [0.2, 0.25) is 0 Å². The first kappa shape index (κ1) is 14.9. The molecule has 0 saturated heterocycles.